The van der Waals surface area contributed by atoms with Gasteiger partial charge in [-0.1, -0.05) is 6.92 Å². The second-order valence-corrected chi connectivity index (χ2v) is 6.92. The molecular formula is C20H20F3N5O2. The summed E-state index contributed by atoms with van der Waals surface area (Å²) < 4.78 is 37.9. The van der Waals surface area contributed by atoms with Gasteiger partial charge in [0.1, 0.15) is 11.4 Å². The van der Waals surface area contributed by atoms with Crippen LogP contribution >= 0.6 is 0 Å². The van der Waals surface area contributed by atoms with E-state index in [-0.39, 0.29) is 28.9 Å². The predicted molar refractivity (Wildman–Crippen MR) is 105 cm³/mol. The van der Waals surface area contributed by atoms with E-state index < -0.39 is 17.5 Å². The molecule has 4 rings (SSSR count). The summed E-state index contributed by atoms with van der Waals surface area (Å²) in [6, 6.07) is 4.28. The Hall–Kier alpha value is -3.43. The number of nitrogens with two attached hydrogens (primary N) is 1. The number of benzene rings is 1. The molecule has 0 aliphatic carbocycles. The van der Waals surface area contributed by atoms with E-state index in [9.17, 15) is 23.1 Å². The summed E-state index contributed by atoms with van der Waals surface area (Å²) in [7, 11) is 0. The Morgan fingerprint density at radius 1 is 1.20 bits per heavy atom. The first-order valence-corrected chi connectivity index (χ1v) is 9.22. The minimum atomic E-state index is -4.53. The number of carbonyl (C=O) groups is 1. The molecule has 7 nitrogen and oxygen atoms in total. The van der Waals surface area contributed by atoms with Gasteiger partial charge in [-0.15, -0.1) is 10.2 Å². The lowest BCUT2D eigenvalue weighted by Crippen LogP contribution is -2.34. The number of carbonyl (C=O) groups excluding carboxylic acids is 1. The van der Waals surface area contributed by atoms with Crippen molar-refractivity contribution in [3.63, 3.8) is 0 Å². The number of nitrogens with one attached hydrogen (secondary N) is 1. The quantitative estimate of drug-likeness (QED) is 0.556. The molecule has 3 aromatic rings. The Balaban J connectivity index is 0.000000269. The van der Waals surface area contributed by atoms with Crippen molar-refractivity contribution in [3.8, 4) is 17.0 Å². The highest BCUT2D eigenvalue weighted by atomic mass is 19.4. The van der Waals surface area contributed by atoms with Crippen molar-refractivity contribution in [1.82, 2.24) is 20.5 Å². The van der Waals surface area contributed by atoms with Crippen LogP contribution in [0.3, 0.4) is 0 Å². The number of phenolic OH excluding ortho intramolecular Hbond substituents is 1. The van der Waals surface area contributed by atoms with E-state index in [4.69, 9.17) is 5.73 Å². The molecule has 158 valence electrons. The van der Waals surface area contributed by atoms with E-state index in [2.05, 4.69) is 20.5 Å². The number of hydrogen-bond acceptors (Lipinski definition) is 6. The number of nitrogen functional groups attached to an aromatic ring is 1. The monoisotopic (exact) mass is 419 g/mol. The molecule has 0 radical (unpaired) electrons. The van der Waals surface area contributed by atoms with Crippen molar-refractivity contribution < 1.29 is 23.1 Å². The van der Waals surface area contributed by atoms with Crippen LogP contribution in [-0.2, 0) is 11.0 Å². The van der Waals surface area contributed by atoms with Crippen molar-refractivity contribution in [2.75, 3.05) is 12.3 Å². The fourth-order valence-corrected chi connectivity index (χ4v) is 3.05. The number of aromatic nitrogens is 3. The van der Waals surface area contributed by atoms with Gasteiger partial charge in [0.15, 0.2) is 5.82 Å². The number of piperidine rings is 1. The Kier molecular flexibility index (Phi) is 6.04. The van der Waals surface area contributed by atoms with Gasteiger partial charge in [0.05, 0.1) is 5.56 Å². The highest BCUT2D eigenvalue weighted by Gasteiger charge is 2.31. The number of anilines is 1. The maximum absolute atomic E-state index is 12.6. The van der Waals surface area contributed by atoms with Gasteiger partial charge in [-0.25, -0.2) is 0 Å². The Bertz CT molecular complexity index is 1070. The van der Waals surface area contributed by atoms with Crippen LogP contribution in [0.15, 0.2) is 36.7 Å². The molecule has 30 heavy (non-hydrogen) atoms. The summed E-state index contributed by atoms with van der Waals surface area (Å²) in [6.07, 6.45) is 0.644. The zero-order valence-electron chi connectivity index (χ0n) is 16.1. The van der Waals surface area contributed by atoms with Gasteiger partial charge >= 0.3 is 6.18 Å². The molecule has 1 unspecified atom stereocenters. The Morgan fingerprint density at radius 2 is 1.97 bits per heavy atom. The third-order valence-electron chi connectivity index (χ3n) is 4.75. The number of fused-ring (bicyclic) bond motifs is 1. The largest absolute Gasteiger partial charge is 0.507 e. The first-order chi connectivity index (χ1) is 14.2. The molecule has 1 aliphatic rings. The van der Waals surface area contributed by atoms with Crippen LogP contribution in [0, 0.1) is 5.92 Å². The Labute approximate surface area is 170 Å². The number of rotatable bonds is 1. The lowest BCUT2D eigenvalue weighted by Gasteiger charge is -2.16. The molecule has 1 amide bonds. The van der Waals surface area contributed by atoms with Gasteiger partial charge in [-0.05, 0) is 37.1 Å². The number of halogens is 3. The van der Waals surface area contributed by atoms with Crippen molar-refractivity contribution in [3.05, 3.63) is 42.2 Å². The zero-order valence-corrected chi connectivity index (χ0v) is 16.1. The molecule has 10 heteroatoms. The first-order valence-electron chi connectivity index (χ1n) is 9.22. The summed E-state index contributed by atoms with van der Waals surface area (Å²) in [6.45, 7) is 2.84. The maximum atomic E-state index is 12.6. The van der Waals surface area contributed by atoms with Crippen LogP contribution in [0.1, 0.15) is 25.3 Å². The molecule has 0 spiro atoms. The highest BCUT2D eigenvalue weighted by Crippen LogP contribution is 2.38. The number of alkyl halides is 3. The average Bonchev–Trinajstić information content (AvgIpc) is 2.71. The van der Waals surface area contributed by atoms with Crippen molar-refractivity contribution in [2.24, 2.45) is 5.92 Å². The highest BCUT2D eigenvalue weighted by molar-refractivity contribution is 5.99. The van der Waals surface area contributed by atoms with Crippen molar-refractivity contribution in [2.45, 2.75) is 25.9 Å². The van der Waals surface area contributed by atoms with Gasteiger partial charge in [0.25, 0.3) is 0 Å². The molecule has 1 saturated heterocycles. The van der Waals surface area contributed by atoms with E-state index in [1.54, 1.807) is 6.07 Å². The number of hydrogen-bond donors (Lipinski definition) is 3. The van der Waals surface area contributed by atoms with Gasteiger partial charge in [-0.3, -0.25) is 9.78 Å². The van der Waals surface area contributed by atoms with Crippen LogP contribution in [-0.4, -0.2) is 32.7 Å². The van der Waals surface area contributed by atoms with E-state index in [0.29, 0.717) is 16.8 Å². The molecule has 1 aromatic carbocycles. The molecule has 1 atom stereocenters. The lowest BCUT2D eigenvalue weighted by atomic mass is 10.0. The number of pyridine rings is 1. The van der Waals surface area contributed by atoms with E-state index >= 15 is 0 Å². The maximum Gasteiger partial charge on any atom is 0.416 e. The van der Waals surface area contributed by atoms with E-state index in [0.717, 1.165) is 31.5 Å². The third-order valence-corrected chi connectivity index (χ3v) is 4.75. The fourth-order valence-electron chi connectivity index (χ4n) is 3.05. The first kappa shape index (κ1) is 21.3. The van der Waals surface area contributed by atoms with Crippen LogP contribution in [0.25, 0.3) is 22.0 Å². The molecule has 1 fully saturated rings. The molecular weight excluding hydrogens is 399 g/mol. The smallest absolute Gasteiger partial charge is 0.416 e. The van der Waals surface area contributed by atoms with E-state index in [1.807, 2.05) is 6.92 Å². The second-order valence-electron chi connectivity index (χ2n) is 6.92. The minimum Gasteiger partial charge on any atom is -0.507 e. The summed E-state index contributed by atoms with van der Waals surface area (Å²) in [4.78, 5) is 14.6. The van der Waals surface area contributed by atoms with Crippen LogP contribution in [0.5, 0.6) is 5.75 Å². The Morgan fingerprint density at radius 3 is 2.57 bits per heavy atom. The lowest BCUT2D eigenvalue weighted by molar-refractivity contribution is -0.137. The number of amides is 1. The molecule has 2 aromatic heterocycles. The number of phenols is 1. The summed E-state index contributed by atoms with van der Waals surface area (Å²) in [5.74, 6) is 0.0882. The van der Waals surface area contributed by atoms with Crippen LogP contribution < -0.4 is 11.1 Å². The standard InChI is InChI=1S/C14H9F3N4O.C6H11NO/c15-14(16,17)7-1-2-9(11(22)5-7)12-8-3-4-19-6-10(8)13(18)21-20-12;1-5-3-2-4-7-6(5)8/h1-6,22H,(H2,18,21);5H,2-4H2,1H3,(H,7,8). The second kappa shape index (κ2) is 8.52. The van der Waals surface area contributed by atoms with E-state index in [1.165, 1.54) is 12.4 Å². The third kappa shape index (κ3) is 4.58. The molecule has 0 bridgehead atoms. The molecule has 1 aliphatic heterocycles. The molecule has 4 N–H and O–H groups in total. The van der Waals surface area contributed by atoms with Crippen molar-refractivity contribution in [1.29, 1.82) is 0 Å². The normalized spacial score (nSPS) is 16.5. The van der Waals surface area contributed by atoms with Crippen molar-refractivity contribution >= 4 is 22.5 Å². The molecule has 3 heterocycles. The van der Waals surface area contributed by atoms with Gasteiger partial charge < -0.3 is 16.2 Å². The predicted octanol–water partition coefficient (Wildman–Crippen LogP) is 3.53. The summed E-state index contributed by atoms with van der Waals surface area (Å²) in [5.41, 5.74) is 5.13. The zero-order chi connectivity index (χ0) is 21.9. The topological polar surface area (TPSA) is 114 Å². The summed E-state index contributed by atoms with van der Waals surface area (Å²) in [5, 5.41) is 21.4. The molecule has 0 saturated carbocycles. The SMILES string of the molecule is CC1CCCNC1=O.Nc1nnc(-c2ccc(C(F)(F)F)cc2O)c2ccncc12. The summed E-state index contributed by atoms with van der Waals surface area (Å²) >= 11 is 0. The number of nitrogens with zero attached hydrogens (tertiary/aromatic N) is 3. The van der Waals surface area contributed by atoms with Crippen LogP contribution in [0.4, 0.5) is 19.0 Å². The number of aromatic hydroxyl groups is 1. The van der Waals surface area contributed by atoms with Gasteiger partial charge in [0, 0.05) is 41.2 Å². The minimum absolute atomic E-state index is 0.136. The average molecular weight is 419 g/mol. The van der Waals surface area contributed by atoms with Gasteiger partial charge in [0.2, 0.25) is 5.91 Å². The van der Waals surface area contributed by atoms with Crippen LogP contribution in [0.2, 0.25) is 0 Å². The van der Waals surface area contributed by atoms with Gasteiger partial charge in [-0.2, -0.15) is 13.2 Å². The fraction of sp³-hybridized carbons (Fsp3) is 0.300.